The second kappa shape index (κ2) is 13.3. The Labute approximate surface area is 288 Å². The first kappa shape index (κ1) is 38.9. The number of aliphatic hydroxyl groups excluding tert-OH is 2. The normalized spacial score (nSPS) is 26.4. The number of anilines is 3. The molecule has 14 nitrogen and oxygen atoms in total. The van der Waals surface area contributed by atoms with Gasteiger partial charge < -0.3 is 41.0 Å². The van der Waals surface area contributed by atoms with Crippen molar-refractivity contribution in [1.82, 2.24) is 30.1 Å². The molecule has 0 atom stereocenters. The summed E-state index contributed by atoms with van der Waals surface area (Å²) >= 11 is 0. The summed E-state index contributed by atoms with van der Waals surface area (Å²) in [6.07, 6.45) is 3.88. The summed E-state index contributed by atoms with van der Waals surface area (Å²) in [4.78, 5) is 19.2. The maximum atomic E-state index is 11.3. The van der Waals surface area contributed by atoms with Crippen molar-refractivity contribution in [1.29, 1.82) is 0 Å². The number of nitrogens with one attached hydrogen (secondary N) is 1. The molecule has 0 saturated carbocycles. The van der Waals surface area contributed by atoms with Crippen LogP contribution in [0.2, 0.25) is 0 Å². The van der Waals surface area contributed by atoms with Gasteiger partial charge in [-0.3, -0.25) is 0 Å². The monoisotopic (exact) mass is 680 g/mol. The Morgan fingerprint density at radius 1 is 0.562 bits per heavy atom. The van der Waals surface area contributed by atoms with Crippen LogP contribution in [0, 0.1) is 0 Å². The van der Waals surface area contributed by atoms with Crippen LogP contribution in [0.25, 0.3) is 0 Å². The van der Waals surface area contributed by atoms with Crippen LogP contribution in [0.15, 0.2) is 0 Å². The molecule has 0 radical (unpaired) electrons. The van der Waals surface area contributed by atoms with E-state index >= 15 is 0 Å². The smallest absolute Gasteiger partial charge is 0.232 e. The number of aliphatic hydroxyl groups is 2. The highest BCUT2D eigenvalue weighted by Crippen LogP contribution is 2.45. The molecule has 0 aromatic carbocycles. The summed E-state index contributed by atoms with van der Waals surface area (Å²) in [5.74, 6) is 1.22. The van der Waals surface area contributed by atoms with Gasteiger partial charge in [0.1, 0.15) is 0 Å². The average molecular weight is 680 g/mol. The van der Waals surface area contributed by atoms with Gasteiger partial charge in [-0.15, -0.1) is 0 Å². The maximum Gasteiger partial charge on any atom is 0.232 e. The molecule has 0 amide bonds. The lowest BCUT2D eigenvalue weighted by molar-refractivity contribution is -0.251. The zero-order valence-corrected chi connectivity index (χ0v) is 31.6. The van der Waals surface area contributed by atoms with Gasteiger partial charge in [0, 0.05) is 64.4 Å². The third-order valence-corrected chi connectivity index (χ3v) is 10.9. The van der Waals surface area contributed by atoms with Crippen LogP contribution < -0.4 is 15.1 Å². The summed E-state index contributed by atoms with van der Waals surface area (Å²) in [6.45, 7) is 24.7. The highest BCUT2D eigenvalue weighted by Gasteiger charge is 2.52. The summed E-state index contributed by atoms with van der Waals surface area (Å²) in [5, 5.41) is 61.4. The lowest BCUT2D eigenvalue weighted by Gasteiger charge is -2.58. The van der Waals surface area contributed by atoms with Crippen LogP contribution >= 0.6 is 0 Å². The van der Waals surface area contributed by atoms with Gasteiger partial charge in [-0.25, -0.2) is 0 Å². The molecular formula is C34H65N9O5. The number of aromatic nitrogens is 3. The molecule has 1 aromatic heterocycles. The van der Waals surface area contributed by atoms with Crippen molar-refractivity contribution < 1.29 is 25.8 Å². The largest absolute Gasteiger partial charge is 0.395 e. The third kappa shape index (κ3) is 7.85. The molecule has 48 heavy (non-hydrogen) atoms. The Hall–Kier alpha value is -1.91. The Kier molecular flexibility index (Phi) is 10.8. The van der Waals surface area contributed by atoms with Crippen LogP contribution in [-0.4, -0.2) is 134 Å². The van der Waals surface area contributed by atoms with Crippen LogP contribution in [0.3, 0.4) is 0 Å². The van der Waals surface area contributed by atoms with E-state index in [1.54, 1.807) is 4.90 Å². The van der Waals surface area contributed by atoms with Crippen molar-refractivity contribution in [2.45, 2.75) is 173 Å². The summed E-state index contributed by atoms with van der Waals surface area (Å²) < 4.78 is 0. The average Bonchev–Trinajstić information content (AvgIpc) is 2.92. The lowest BCUT2D eigenvalue weighted by Crippen LogP contribution is -2.68. The van der Waals surface area contributed by atoms with Crippen LogP contribution in [0.1, 0.15) is 122 Å². The molecule has 6 N–H and O–H groups in total. The Morgan fingerprint density at radius 3 is 1.25 bits per heavy atom. The summed E-state index contributed by atoms with van der Waals surface area (Å²) in [6, 6.07) is -0.184. The number of piperidine rings is 3. The highest BCUT2D eigenvalue weighted by molar-refractivity contribution is 5.48. The molecule has 0 bridgehead atoms. The van der Waals surface area contributed by atoms with Gasteiger partial charge in [0.25, 0.3) is 0 Å². The zero-order chi connectivity index (χ0) is 36.3. The Morgan fingerprint density at radius 2 is 0.896 bits per heavy atom. The highest BCUT2D eigenvalue weighted by atomic mass is 16.5. The van der Waals surface area contributed by atoms with E-state index in [1.807, 2.05) is 27.7 Å². The first-order chi connectivity index (χ1) is 21.9. The standard InChI is InChI=1S/C34H65N9O5/c1-29(2)17-23(18-30(3,4)41(29)46)35-26-36-27(39(13-15-44)14-16-45)38-28(37-26)40(24-19-31(5,6)42(47)32(7,8)20-24)25-21-33(9,10)43(48)34(11,12)22-25/h23-25,44-48H,13-22H2,1-12H3,(H,35,36,37,38). The molecule has 0 aliphatic carbocycles. The topological polar surface area (TPSA) is 168 Å². The fourth-order valence-corrected chi connectivity index (χ4v) is 9.24. The quantitative estimate of drug-likeness (QED) is 0.209. The lowest BCUT2D eigenvalue weighted by atomic mass is 9.75. The maximum absolute atomic E-state index is 11.3. The molecule has 276 valence electrons. The molecule has 14 heteroatoms. The minimum absolute atomic E-state index is 0.0509. The summed E-state index contributed by atoms with van der Waals surface area (Å²) in [7, 11) is 0. The fourth-order valence-electron chi connectivity index (χ4n) is 9.24. The van der Waals surface area contributed by atoms with Gasteiger partial charge in [-0.1, -0.05) is 0 Å². The molecule has 3 fully saturated rings. The molecule has 3 aliphatic rings. The van der Waals surface area contributed by atoms with Crippen molar-refractivity contribution in [2.75, 3.05) is 41.4 Å². The van der Waals surface area contributed by atoms with Crippen molar-refractivity contribution in [3.05, 3.63) is 0 Å². The number of hydrogen-bond donors (Lipinski definition) is 6. The van der Waals surface area contributed by atoms with Crippen LogP contribution in [-0.2, 0) is 0 Å². The predicted molar refractivity (Wildman–Crippen MR) is 187 cm³/mol. The van der Waals surface area contributed by atoms with Crippen molar-refractivity contribution in [3.63, 3.8) is 0 Å². The zero-order valence-electron chi connectivity index (χ0n) is 31.6. The van der Waals surface area contributed by atoms with Gasteiger partial charge >= 0.3 is 0 Å². The molecule has 0 spiro atoms. The molecule has 0 unspecified atom stereocenters. The number of nitrogens with zero attached hydrogens (tertiary/aromatic N) is 8. The fraction of sp³-hybridized carbons (Fsp3) is 0.912. The first-order valence-electron chi connectivity index (χ1n) is 17.6. The molecule has 1 aromatic rings. The Balaban J connectivity index is 1.89. The third-order valence-electron chi connectivity index (χ3n) is 10.9. The van der Waals surface area contributed by atoms with E-state index < -0.39 is 33.2 Å². The van der Waals surface area contributed by atoms with Crippen molar-refractivity contribution in [2.24, 2.45) is 0 Å². The van der Waals surface area contributed by atoms with Crippen LogP contribution in [0.4, 0.5) is 17.8 Å². The van der Waals surface area contributed by atoms with E-state index in [-0.39, 0.29) is 44.4 Å². The molecular weight excluding hydrogens is 614 g/mol. The molecule has 3 saturated heterocycles. The van der Waals surface area contributed by atoms with Gasteiger partial charge in [-0.2, -0.15) is 30.1 Å². The summed E-state index contributed by atoms with van der Waals surface area (Å²) in [5.41, 5.74) is -3.15. The SMILES string of the molecule is CC1(C)CC(Nc2nc(N(CCO)CCO)nc(N(C3CC(C)(C)N(O)C(C)(C)C3)C3CC(C)(C)N(O)C(C)(C)C3)n2)CC(C)(C)N1O. The molecule has 4 heterocycles. The van der Waals surface area contributed by atoms with E-state index in [1.165, 1.54) is 15.2 Å². The number of hydrogen-bond acceptors (Lipinski definition) is 14. The number of hydroxylamine groups is 6. The van der Waals surface area contributed by atoms with E-state index in [9.17, 15) is 25.8 Å². The predicted octanol–water partition coefficient (Wildman–Crippen LogP) is 4.11. The van der Waals surface area contributed by atoms with Gasteiger partial charge in [-0.05, 0) is 122 Å². The molecule has 3 aliphatic heterocycles. The van der Waals surface area contributed by atoms with E-state index in [0.717, 1.165) is 0 Å². The second-order valence-corrected chi connectivity index (χ2v) is 18.3. The van der Waals surface area contributed by atoms with Gasteiger partial charge in [0.2, 0.25) is 17.8 Å². The first-order valence-corrected chi connectivity index (χ1v) is 17.6. The van der Waals surface area contributed by atoms with Crippen LogP contribution in [0.5, 0.6) is 0 Å². The number of rotatable bonds is 10. The van der Waals surface area contributed by atoms with Crippen molar-refractivity contribution >= 4 is 17.8 Å². The van der Waals surface area contributed by atoms with E-state index in [2.05, 4.69) is 65.6 Å². The minimum atomic E-state index is -0.542. The van der Waals surface area contributed by atoms with E-state index in [0.29, 0.717) is 56.4 Å². The molecule has 4 rings (SSSR count). The van der Waals surface area contributed by atoms with Gasteiger partial charge in [0.15, 0.2) is 0 Å². The van der Waals surface area contributed by atoms with E-state index in [4.69, 9.17) is 15.0 Å². The van der Waals surface area contributed by atoms with Crippen molar-refractivity contribution in [3.8, 4) is 0 Å². The van der Waals surface area contributed by atoms with Gasteiger partial charge in [0.05, 0.1) is 13.2 Å². The Bertz CT molecular complexity index is 1170. The second-order valence-electron chi connectivity index (χ2n) is 18.3. The minimum Gasteiger partial charge on any atom is -0.395 e.